The third-order valence-corrected chi connectivity index (χ3v) is 5.40. The van der Waals surface area contributed by atoms with E-state index in [0.717, 1.165) is 5.56 Å². The molecule has 3 aromatic rings. The first-order valence-electron chi connectivity index (χ1n) is 10.7. The number of nitrogens with zero attached hydrogens (tertiary/aromatic N) is 3. The molecule has 0 atom stereocenters. The van der Waals surface area contributed by atoms with Gasteiger partial charge in [0.1, 0.15) is 11.5 Å². The molecule has 174 valence electrons. The fraction of sp³-hybridized carbons (Fsp3) is 0.320. The lowest BCUT2D eigenvalue weighted by Gasteiger charge is -2.23. The van der Waals surface area contributed by atoms with Crippen molar-refractivity contribution in [1.29, 1.82) is 0 Å². The SMILES string of the molecule is CCN(C)C(=O)CCN(Cc1ccccc1)C(=O)c1cc(-c2cc(OC)ccc2OC)on1. The number of benzene rings is 2. The molecule has 8 nitrogen and oxygen atoms in total. The lowest BCUT2D eigenvalue weighted by molar-refractivity contribution is -0.129. The van der Waals surface area contributed by atoms with Crippen molar-refractivity contribution in [3.8, 4) is 22.8 Å². The summed E-state index contributed by atoms with van der Waals surface area (Å²) >= 11 is 0. The second-order valence-corrected chi connectivity index (χ2v) is 7.51. The average molecular weight is 452 g/mol. The highest BCUT2D eigenvalue weighted by Gasteiger charge is 2.23. The standard InChI is InChI=1S/C25H29N3O5/c1-5-27(2)24(29)13-14-28(17-18-9-7-6-8-10-18)25(30)21-16-23(33-26-21)20-15-19(31-3)11-12-22(20)32-4/h6-12,15-16H,5,13-14,17H2,1-4H3. The van der Waals surface area contributed by atoms with Crippen LogP contribution in [0, 0.1) is 0 Å². The van der Waals surface area contributed by atoms with Gasteiger partial charge in [-0.25, -0.2) is 0 Å². The lowest BCUT2D eigenvalue weighted by atomic mass is 10.1. The molecular weight excluding hydrogens is 422 g/mol. The second kappa shape index (κ2) is 11.2. The number of carbonyl (C=O) groups excluding carboxylic acids is 2. The molecule has 2 aromatic carbocycles. The van der Waals surface area contributed by atoms with E-state index in [4.69, 9.17) is 14.0 Å². The zero-order chi connectivity index (χ0) is 23.8. The van der Waals surface area contributed by atoms with Crippen LogP contribution in [0.2, 0.25) is 0 Å². The number of aromatic nitrogens is 1. The first-order chi connectivity index (χ1) is 16.0. The molecule has 0 aliphatic rings. The molecule has 0 aliphatic heterocycles. The third-order valence-electron chi connectivity index (χ3n) is 5.40. The van der Waals surface area contributed by atoms with Gasteiger partial charge < -0.3 is 23.8 Å². The van der Waals surface area contributed by atoms with Crippen LogP contribution in [0.15, 0.2) is 59.1 Å². The van der Waals surface area contributed by atoms with E-state index < -0.39 is 0 Å². The Morgan fingerprint density at radius 3 is 2.45 bits per heavy atom. The van der Waals surface area contributed by atoms with Gasteiger partial charge in [0.15, 0.2) is 11.5 Å². The van der Waals surface area contributed by atoms with Crippen LogP contribution in [0.5, 0.6) is 11.5 Å². The maximum Gasteiger partial charge on any atom is 0.276 e. The first kappa shape index (κ1) is 23.8. The predicted molar refractivity (Wildman–Crippen MR) is 124 cm³/mol. The summed E-state index contributed by atoms with van der Waals surface area (Å²) in [4.78, 5) is 28.9. The highest BCUT2D eigenvalue weighted by atomic mass is 16.5. The molecule has 8 heteroatoms. The highest BCUT2D eigenvalue weighted by molar-refractivity contribution is 5.93. The van der Waals surface area contributed by atoms with Gasteiger partial charge in [0.2, 0.25) is 5.91 Å². The van der Waals surface area contributed by atoms with Gasteiger partial charge in [-0.1, -0.05) is 35.5 Å². The quantitative estimate of drug-likeness (QED) is 0.465. The Balaban J connectivity index is 1.85. The van der Waals surface area contributed by atoms with Gasteiger partial charge in [-0.2, -0.15) is 0 Å². The minimum absolute atomic E-state index is 0.0229. The van der Waals surface area contributed by atoms with Gasteiger partial charge >= 0.3 is 0 Å². The zero-order valence-corrected chi connectivity index (χ0v) is 19.4. The van der Waals surface area contributed by atoms with E-state index in [0.29, 0.717) is 35.9 Å². The highest BCUT2D eigenvalue weighted by Crippen LogP contribution is 2.34. The summed E-state index contributed by atoms with van der Waals surface area (Å²) in [7, 11) is 4.87. The summed E-state index contributed by atoms with van der Waals surface area (Å²) in [6.45, 7) is 3.14. The fourth-order valence-electron chi connectivity index (χ4n) is 3.33. The van der Waals surface area contributed by atoms with Crippen LogP contribution < -0.4 is 9.47 Å². The van der Waals surface area contributed by atoms with Crippen LogP contribution in [0.4, 0.5) is 0 Å². The maximum atomic E-state index is 13.3. The van der Waals surface area contributed by atoms with Crippen molar-refractivity contribution in [3.05, 3.63) is 65.9 Å². The summed E-state index contributed by atoms with van der Waals surface area (Å²) in [5, 5.41) is 4.01. The molecule has 2 amide bonds. The van der Waals surface area contributed by atoms with Crippen LogP contribution in [-0.4, -0.2) is 61.1 Å². The van der Waals surface area contributed by atoms with Crippen LogP contribution >= 0.6 is 0 Å². The van der Waals surface area contributed by atoms with E-state index in [-0.39, 0.29) is 30.5 Å². The van der Waals surface area contributed by atoms with Crippen molar-refractivity contribution in [3.63, 3.8) is 0 Å². The molecule has 33 heavy (non-hydrogen) atoms. The third kappa shape index (κ3) is 5.91. The molecule has 0 radical (unpaired) electrons. The van der Waals surface area contributed by atoms with Crippen molar-refractivity contribution in [2.45, 2.75) is 19.9 Å². The van der Waals surface area contributed by atoms with Crippen LogP contribution in [-0.2, 0) is 11.3 Å². The maximum absolute atomic E-state index is 13.3. The molecule has 1 aromatic heterocycles. The number of carbonyl (C=O) groups is 2. The minimum atomic E-state index is -0.317. The zero-order valence-electron chi connectivity index (χ0n) is 19.4. The van der Waals surface area contributed by atoms with Gasteiger partial charge in [-0.15, -0.1) is 0 Å². The molecule has 0 saturated heterocycles. The Bertz CT molecular complexity index is 1080. The van der Waals surface area contributed by atoms with E-state index in [2.05, 4.69) is 5.16 Å². The van der Waals surface area contributed by atoms with Gasteiger partial charge in [-0.3, -0.25) is 9.59 Å². The molecule has 0 spiro atoms. The lowest BCUT2D eigenvalue weighted by Crippen LogP contribution is -2.35. The van der Waals surface area contributed by atoms with Crippen LogP contribution in [0.3, 0.4) is 0 Å². The van der Waals surface area contributed by atoms with Gasteiger partial charge in [-0.05, 0) is 30.7 Å². The molecule has 0 unspecified atom stereocenters. The summed E-state index contributed by atoms with van der Waals surface area (Å²) < 4.78 is 16.2. The van der Waals surface area contributed by atoms with E-state index in [1.165, 1.54) is 0 Å². The Labute approximate surface area is 193 Å². The van der Waals surface area contributed by atoms with Crippen molar-refractivity contribution in [2.75, 3.05) is 34.4 Å². The second-order valence-electron chi connectivity index (χ2n) is 7.51. The molecule has 0 bridgehead atoms. The van der Waals surface area contributed by atoms with E-state index in [1.807, 2.05) is 37.3 Å². The number of amides is 2. The summed E-state index contributed by atoms with van der Waals surface area (Å²) in [5.74, 6) is 1.24. The number of methoxy groups -OCH3 is 2. The molecule has 0 N–H and O–H groups in total. The monoisotopic (exact) mass is 451 g/mol. The molecule has 0 aliphatic carbocycles. The van der Waals surface area contributed by atoms with E-state index in [1.54, 1.807) is 55.3 Å². The number of hydrogen-bond donors (Lipinski definition) is 0. The fourth-order valence-corrected chi connectivity index (χ4v) is 3.33. The van der Waals surface area contributed by atoms with Crippen molar-refractivity contribution in [1.82, 2.24) is 15.0 Å². The molecule has 3 rings (SSSR count). The summed E-state index contributed by atoms with van der Waals surface area (Å²) in [6.07, 6.45) is 0.220. The van der Waals surface area contributed by atoms with Crippen molar-refractivity contribution in [2.24, 2.45) is 0 Å². The average Bonchev–Trinajstić information content (AvgIpc) is 3.35. The van der Waals surface area contributed by atoms with Crippen LogP contribution in [0.1, 0.15) is 29.4 Å². The van der Waals surface area contributed by atoms with Crippen molar-refractivity contribution < 1.29 is 23.6 Å². The Morgan fingerprint density at radius 1 is 1.03 bits per heavy atom. The van der Waals surface area contributed by atoms with Gasteiger partial charge in [0.25, 0.3) is 5.91 Å². The predicted octanol–water partition coefficient (Wildman–Crippen LogP) is 3.87. The Kier molecular flexibility index (Phi) is 8.07. The van der Waals surface area contributed by atoms with Gasteiger partial charge in [0, 0.05) is 39.2 Å². The summed E-state index contributed by atoms with van der Waals surface area (Å²) in [6, 6.07) is 16.5. The van der Waals surface area contributed by atoms with Gasteiger partial charge in [0.05, 0.1) is 19.8 Å². The Morgan fingerprint density at radius 2 is 1.79 bits per heavy atom. The minimum Gasteiger partial charge on any atom is -0.497 e. The topological polar surface area (TPSA) is 85.1 Å². The molecule has 1 heterocycles. The van der Waals surface area contributed by atoms with Crippen LogP contribution in [0.25, 0.3) is 11.3 Å². The summed E-state index contributed by atoms with van der Waals surface area (Å²) in [5.41, 5.74) is 1.74. The van der Waals surface area contributed by atoms with E-state index >= 15 is 0 Å². The largest absolute Gasteiger partial charge is 0.497 e. The molecular formula is C25H29N3O5. The normalized spacial score (nSPS) is 10.5. The molecule has 0 saturated carbocycles. The van der Waals surface area contributed by atoms with Crippen molar-refractivity contribution >= 4 is 11.8 Å². The van der Waals surface area contributed by atoms with E-state index in [9.17, 15) is 9.59 Å². The number of ether oxygens (including phenoxy) is 2. The number of hydrogen-bond acceptors (Lipinski definition) is 6. The first-order valence-corrected chi connectivity index (χ1v) is 10.7. The Hall–Kier alpha value is -3.81. The molecule has 0 fully saturated rings. The number of rotatable bonds is 10. The smallest absolute Gasteiger partial charge is 0.276 e.